The maximum absolute atomic E-state index is 12.2. The number of aromatic nitrogens is 2. The van der Waals surface area contributed by atoms with E-state index < -0.39 is 6.09 Å². The molecule has 10 heteroatoms. The van der Waals surface area contributed by atoms with E-state index in [9.17, 15) is 4.79 Å². The van der Waals surface area contributed by atoms with Gasteiger partial charge in [-0.1, -0.05) is 29.3 Å². The summed E-state index contributed by atoms with van der Waals surface area (Å²) in [5.74, 6) is 2.47. The third-order valence-corrected chi connectivity index (χ3v) is 6.39. The number of fused-ring (bicyclic) bond motifs is 1. The van der Waals surface area contributed by atoms with Crippen LogP contribution in [-0.2, 0) is 4.74 Å². The summed E-state index contributed by atoms with van der Waals surface area (Å²) < 4.78 is 21.9. The summed E-state index contributed by atoms with van der Waals surface area (Å²) in [5, 5.41) is 3.58. The SMILES string of the molecule is COc1cc2ncnc(Oc3ccc(NC(=O)OCCSc4ccc(C)cc4)c(Cl)c3)c2cc1OC. The normalized spacial score (nSPS) is 10.7. The van der Waals surface area contributed by atoms with Gasteiger partial charge in [0, 0.05) is 22.8 Å². The zero-order valence-corrected chi connectivity index (χ0v) is 21.5. The van der Waals surface area contributed by atoms with Gasteiger partial charge in [-0.25, -0.2) is 14.8 Å². The lowest BCUT2D eigenvalue weighted by Crippen LogP contribution is -2.15. The molecule has 0 bridgehead atoms. The highest BCUT2D eigenvalue weighted by atomic mass is 35.5. The molecule has 4 aromatic rings. The van der Waals surface area contributed by atoms with Crippen molar-refractivity contribution in [1.82, 2.24) is 9.97 Å². The molecule has 1 N–H and O–H groups in total. The number of benzene rings is 3. The number of ether oxygens (including phenoxy) is 4. The van der Waals surface area contributed by atoms with Gasteiger partial charge < -0.3 is 18.9 Å². The van der Waals surface area contributed by atoms with Crippen molar-refractivity contribution in [3.05, 3.63) is 71.5 Å². The Labute approximate surface area is 217 Å². The number of carbonyl (C=O) groups excluding carboxylic acids is 1. The van der Waals surface area contributed by atoms with Crippen molar-refractivity contribution >= 4 is 46.0 Å². The molecule has 3 aromatic carbocycles. The van der Waals surface area contributed by atoms with Gasteiger partial charge in [-0.2, -0.15) is 0 Å². The number of nitrogens with one attached hydrogen (secondary N) is 1. The number of aryl methyl sites for hydroxylation is 1. The Balaban J connectivity index is 1.36. The van der Waals surface area contributed by atoms with Gasteiger partial charge in [0.15, 0.2) is 11.5 Å². The number of halogens is 1. The van der Waals surface area contributed by atoms with Crippen LogP contribution in [0.5, 0.6) is 23.1 Å². The molecule has 1 aromatic heterocycles. The number of carbonyl (C=O) groups is 1. The topological polar surface area (TPSA) is 91.8 Å². The van der Waals surface area contributed by atoms with Gasteiger partial charge in [-0.05, 0) is 37.3 Å². The van der Waals surface area contributed by atoms with Crippen LogP contribution in [0.4, 0.5) is 10.5 Å². The largest absolute Gasteiger partial charge is 0.493 e. The fourth-order valence-corrected chi connectivity index (χ4v) is 4.24. The molecule has 1 amide bonds. The molecule has 0 saturated carbocycles. The molecule has 8 nitrogen and oxygen atoms in total. The third-order valence-electron chi connectivity index (χ3n) is 5.10. The van der Waals surface area contributed by atoms with E-state index in [0.29, 0.717) is 45.5 Å². The summed E-state index contributed by atoms with van der Waals surface area (Å²) >= 11 is 7.99. The van der Waals surface area contributed by atoms with Crippen molar-refractivity contribution in [2.75, 3.05) is 31.9 Å². The first-order chi connectivity index (χ1) is 17.5. The van der Waals surface area contributed by atoms with Crippen molar-refractivity contribution in [3.63, 3.8) is 0 Å². The second kappa shape index (κ2) is 11.8. The van der Waals surface area contributed by atoms with Crippen LogP contribution in [0.1, 0.15) is 5.56 Å². The molecule has 186 valence electrons. The first-order valence-corrected chi connectivity index (χ1v) is 12.3. The summed E-state index contributed by atoms with van der Waals surface area (Å²) in [4.78, 5) is 21.8. The number of thioether (sulfide) groups is 1. The number of amides is 1. The van der Waals surface area contributed by atoms with Gasteiger partial charge in [-0.3, -0.25) is 5.32 Å². The minimum atomic E-state index is -0.585. The molecule has 36 heavy (non-hydrogen) atoms. The smallest absolute Gasteiger partial charge is 0.411 e. The predicted octanol–water partition coefficient (Wildman–Crippen LogP) is 6.74. The highest BCUT2D eigenvalue weighted by molar-refractivity contribution is 7.99. The lowest BCUT2D eigenvalue weighted by molar-refractivity contribution is 0.169. The van der Waals surface area contributed by atoms with Gasteiger partial charge in [0.1, 0.15) is 18.7 Å². The maximum Gasteiger partial charge on any atom is 0.411 e. The number of anilines is 1. The molecular formula is C26H24ClN3O5S. The maximum atomic E-state index is 12.2. The first-order valence-electron chi connectivity index (χ1n) is 10.9. The highest BCUT2D eigenvalue weighted by Gasteiger charge is 2.14. The average Bonchev–Trinajstić information content (AvgIpc) is 2.88. The van der Waals surface area contributed by atoms with E-state index in [1.807, 2.05) is 31.2 Å². The van der Waals surface area contributed by atoms with E-state index >= 15 is 0 Å². The Morgan fingerprint density at radius 2 is 1.75 bits per heavy atom. The van der Waals surface area contributed by atoms with Crippen LogP contribution in [0.2, 0.25) is 5.02 Å². The minimum Gasteiger partial charge on any atom is -0.493 e. The van der Waals surface area contributed by atoms with E-state index in [2.05, 4.69) is 15.3 Å². The number of methoxy groups -OCH3 is 2. The Morgan fingerprint density at radius 1 is 1.00 bits per heavy atom. The molecular weight excluding hydrogens is 502 g/mol. The van der Waals surface area contributed by atoms with E-state index in [-0.39, 0.29) is 11.6 Å². The fraction of sp³-hybridized carbons (Fsp3) is 0.192. The zero-order chi connectivity index (χ0) is 25.5. The Kier molecular flexibility index (Phi) is 8.35. The van der Waals surface area contributed by atoms with Crippen LogP contribution in [0.15, 0.2) is 65.8 Å². The van der Waals surface area contributed by atoms with Gasteiger partial charge in [0.05, 0.1) is 35.8 Å². The molecule has 4 rings (SSSR count). The van der Waals surface area contributed by atoms with Crippen molar-refractivity contribution in [2.24, 2.45) is 0 Å². The summed E-state index contributed by atoms with van der Waals surface area (Å²) in [6.45, 7) is 2.30. The number of nitrogens with zero attached hydrogens (tertiary/aromatic N) is 2. The second-order valence-electron chi connectivity index (χ2n) is 7.57. The Morgan fingerprint density at radius 3 is 2.47 bits per heavy atom. The zero-order valence-electron chi connectivity index (χ0n) is 19.9. The van der Waals surface area contributed by atoms with Gasteiger partial charge in [-0.15, -0.1) is 11.8 Å². The van der Waals surface area contributed by atoms with E-state index in [1.54, 1.807) is 56.3 Å². The standard InChI is InChI=1S/C26H24ClN3O5S/c1-16-4-7-18(8-5-16)36-11-10-34-26(31)30-21-9-6-17(12-20(21)27)35-25-19-13-23(32-2)24(33-3)14-22(19)28-15-29-25/h4-9,12-15H,10-11H2,1-3H3,(H,30,31). The first kappa shape index (κ1) is 25.4. The van der Waals surface area contributed by atoms with Gasteiger partial charge >= 0.3 is 6.09 Å². The lowest BCUT2D eigenvalue weighted by Gasteiger charge is -2.12. The summed E-state index contributed by atoms with van der Waals surface area (Å²) in [5.41, 5.74) is 2.24. The summed E-state index contributed by atoms with van der Waals surface area (Å²) in [6.07, 6.45) is 0.812. The van der Waals surface area contributed by atoms with Crippen LogP contribution < -0.4 is 19.5 Å². The monoisotopic (exact) mass is 525 g/mol. The highest BCUT2D eigenvalue weighted by Crippen LogP contribution is 2.36. The molecule has 0 saturated heterocycles. The fourth-order valence-electron chi connectivity index (χ4n) is 3.29. The molecule has 0 aliphatic carbocycles. The second-order valence-corrected chi connectivity index (χ2v) is 9.14. The predicted molar refractivity (Wildman–Crippen MR) is 141 cm³/mol. The third kappa shape index (κ3) is 6.30. The molecule has 0 aliphatic rings. The van der Waals surface area contributed by atoms with E-state index in [0.717, 1.165) is 4.90 Å². The van der Waals surface area contributed by atoms with Gasteiger partial charge in [0.2, 0.25) is 5.88 Å². The summed E-state index contributed by atoms with van der Waals surface area (Å²) in [7, 11) is 3.10. The van der Waals surface area contributed by atoms with Crippen LogP contribution in [0.3, 0.4) is 0 Å². The number of hydrogen-bond donors (Lipinski definition) is 1. The van der Waals surface area contributed by atoms with Crippen LogP contribution in [0, 0.1) is 6.92 Å². The van der Waals surface area contributed by atoms with Crippen molar-refractivity contribution in [3.8, 4) is 23.1 Å². The molecule has 0 unspecified atom stereocenters. The number of rotatable bonds is 9. The quantitative estimate of drug-likeness (QED) is 0.190. The lowest BCUT2D eigenvalue weighted by atomic mass is 10.2. The molecule has 0 spiro atoms. The Hall–Kier alpha value is -3.69. The average molecular weight is 526 g/mol. The molecule has 0 radical (unpaired) electrons. The molecule has 0 aliphatic heterocycles. The van der Waals surface area contributed by atoms with Crippen molar-refractivity contribution in [2.45, 2.75) is 11.8 Å². The van der Waals surface area contributed by atoms with Gasteiger partial charge in [0.25, 0.3) is 0 Å². The van der Waals surface area contributed by atoms with Crippen LogP contribution >= 0.6 is 23.4 Å². The van der Waals surface area contributed by atoms with E-state index in [4.69, 9.17) is 30.5 Å². The van der Waals surface area contributed by atoms with Crippen LogP contribution in [-0.4, -0.2) is 42.6 Å². The molecule has 0 fully saturated rings. The van der Waals surface area contributed by atoms with E-state index in [1.165, 1.54) is 11.9 Å². The van der Waals surface area contributed by atoms with Crippen molar-refractivity contribution < 1.29 is 23.7 Å². The summed E-state index contributed by atoms with van der Waals surface area (Å²) in [6, 6.07) is 16.6. The molecule has 1 heterocycles. The van der Waals surface area contributed by atoms with Crippen LogP contribution in [0.25, 0.3) is 10.9 Å². The number of hydrogen-bond acceptors (Lipinski definition) is 8. The Bertz CT molecular complexity index is 1370. The minimum absolute atomic E-state index is 0.262. The molecule has 0 atom stereocenters. The van der Waals surface area contributed by atoms with Crippen molar-refractivity contribution in [1.29, 1.82) is 0 Å².